The van der Waals surface area contributed by atoms with Crippen molar-refractivity contribution < 1.29 is 10.2 Å². The molecular weight excluding hydrogens is 326 g/mol. The van der Waals surface area contributed by atoms with E-state index < -0.39 is 0 Å². The number of fused-ring (bicyclic) bond motifs is 1. The van der Waals surface area contributed by atoms with Gasteiger partial charge in [0.2, 0.25) is 0 Å². The van der Waals surface area contributed by atoms with Gasteiger partial charge in [-0.2, -0.15) is 0 Å². The van der Waals surface area contributed by atoms with Gasteiger partial charge in [-0.15, -0.1) is 5.10 Å². The largest absolute Gasteiger partial charge is 0.507 e. The minimum atomic E-state index is -0.217. The molecule has 5 nitrogen and oxygen atoms in total. The second-order valence-corrected chi connectivity index (χ2v) is 6.59. The van der Waals surface area contributed by atoms with Gasteiger partial charge < -0.3 is 10.2 Å². The van der Waals surface area contributed by atoms with Crippen LogP contribution in [-0.4, -0.2) is 25.0 Å². The Kier molecular flexibility index (Phi) is 3.84. The van der Waals surface area contributed by atoms with Gasteiger partial charge in [-0.05, 0) is 35.1 Å². The Morgan fingerprint density at radius 1 is 0.885 bits per heavy atom. The molecule has 0 atom stereocenters. The highest BCUT2D eigenvalue weighted by molar-refractivity contribution is 5.91. The Hall–Kier alpha value is -3.34. The molecule has 0 aliphatic carbocycles. The van der Waals surface area contributed by atoms with Crippen LogP contribution in [0, 0.1) is 0 Å². The number of phenols is 1. The molecule has 0 aliphatic heterocycles. The van der Waals surface area contributed by atoms with Crippen LogP contribution in [0.3, 0.4) is 0 Å². The smallest absolute Gasteiger partial charge is 0.319 e. The lowest BCUT2D eigenvalue weighted by Gasteiger charge is -2.13. The second-order valence-electron chi connectivity index (χ2n) is 6.59. The molecule has 0 spiro atoms. The minimum Gasteiger partial charge on any atom is -0.507 e. The Balaban J connectivity index is 1.99. The third-order valence-electron chi connectivity index (χ3n) is 4.58. The predicted octanol–water partition coefficient (Wildman–Crippen LogP) is 4.62. The van der Waals surface area contributed by atoms with E-state index in [1.54, 1.807) is 10.6 Å². The highest BCUT2D eigenvalue weighted by atomic mass is 16.3. The molecule has 3 aromatic carbocycles. The molecule has 5 heteroatoms. The van der Waals surface area contributed by atoms with Crippen LogP contribution in [0.5, 0.6) is 11.8 Å². The van der Waals surface area contributed by atoms with E-state index in [-0.39, 0.29) is 11.8 Å². The molecular formula is C21H19N3O2. The maximum atomic E-state index is 10.4. The van der Waals surface area contributed by atoms with Crippen LogP contribution in [0.15, 0.2) is 60.7 Å². The topological polar surface area (TPSA) is 71.2 Å². The summed E-state index contributed by atoms with van der Waals surface area (Å²) >= 11 is 0. The monoisotopic (exact) mass is 345 g/mol. The van der Waals surface area contributed by atoms with Crippen molar-refractivity contribution in [3.63, 3.8) is 0 Å². The van der Waals surface area contributed by atoms with Crippen molar-refractivity contribution in [2.24, 2.45) is 0 Å². The van der Waals surface area contributed by atoms with Gasteiger partial charge in [0.1, 0.15) is 5.75 Å². The van der Waals surface area contributed by atoms with Gasteiger partial charge in [0.15, 0.2) is 5.82 Å². The van der Waals surface area contributed by atoms with Gasteiger partial charge in [0.05, 0.1) is 11.3 Å². The lowest BCUT2D eigenvalue weighted by atomic mass is 10.00. The average molecular weight is 345 g/mol. The van der Waals surface area contributed by atoms with Crippen molar-refractivity contribution in [3.8, 4) is 28.8 Å². The zero-order valence-electron chi connectivity index (χ0n) is 14.6. The fourth-order valence-corrected chi connectivity index (χ4v) is 3.17. The molecule has 4 aromatic rings. The molecule has 0 aliphatic rings. The van der Waals surface area contributed by atoms with Gasteiger partial charge in [-0.25, -0.2) is 4.57 Å². The van der Waals surface area contributed by atoms with Crippen LogP contribution >= 0.6 is 0 Å². The van der Waals surface area contributed by atoms with Crippen molar-refractivity contribution in [2.45, 2.75) is 19.8 Å². The molecule has 4 rings (SSSR count). The molecule has 1 aromatic heterocycles. The molecule has 0 amide bonds. The molecule has 26 heavy (non-hydrogen) atoms. The van der Waals surface area contributed by atoms with Crippen molar-refractivity contribution in [1.29, 1.82) is 0 Å². The first kappa shape index (κ1) is 16.1. The van der Waals surface area contributed by atoms with E-state index >= 15 is 0 Å². The summed E-state index contributed by atoms with van der Waals surface area (Å²) in [6.07, 6.45) is 0. The highest BCUT2D eigenvalue weighted by Gasteiger charge is 2.20. The summed E-state index contributed by atoms with van der Waals surface area (Å²) in [5.41, 5.74) is 2.37. The number of rotatable bonds is 3. The zero-order valence-corrected chi connectivity index (χ0v) is 14.6. The first-order valence-corrected chi connectivity index (χ1v) is 8.52. The number of aromatic nitrogens is 3. The minimum absolute atomic E-state index is 0.100. The standard InChI is InChI=1S/C21H19N3O2/c1-13(2)15-10-11-19(25)17(12-15)20-22-23-21(26)24(20)18-9-5-7-14-6-3-4-8-16(14)18/h3-13,25H,1-2H3,(H,23,26). The first-order valence-electron chi connectivity index (χ1n) is 8.52. The number of phenolic OH excluding ortho intramolecular Hbond substituents is 1. The summed E-state index contributed by atoms with van der Waals surface area (Å²) in [7, 11) is 0. The molecule has 0 radical (unpaired) electrons. The van der Waals surface area contributed by atoms with Crippen LogP contribution in [0.4, 0.5) is 0 Å². The third-order valence-corrected chi connectivity index (χ3v) is 4.58. The predicted molar refractivity (Wildman–Crippen MR) is 102 cm³/mol. The number of hydrogen-bond acceptors (Lipinski definition) is 4. The molecule has 130 valence electrons. The summed E-state index contributed by atoms with van der Waals surface area (Å²) in [6.45, 7) is 4.17. The zero-order chi connectivity index (χ0) is 18.3. The third kappa shape index (κ3) is 2.58. The van der Waals surface area contributed by atoms with Gasteiger partial charge in [0, 0.05) is 5.39 Å². The lowest BCUT2D eigenvalue weighted by Crippen LogP contribution is -1.99. The molecule has 0 saturated carbocycles. The van der Waals surface area contributed by atoms with E-state index in [4.69, 9.17) is 0 Å². The van der Waals surface area contributed by atoms with Crippen molar-refractivity contribution in [3.05, 3.63) is 66.2 Å². The Labute approximate surface area is 151 Å². The van der Waals surface area contributed by atoms with Gasteiger partial charge in [-0.3, -0.25) is 0 Å². The van der Waals surface area contributed by atoms with Crippen molar-refractivity contribution in [2.75, 3.05) is 0 Å². The average Bonchev–Trinajstić information content (AvgIpc) is 3.02. The normalized spacial score (nSPS) is 11.3. The van der Waals surface area contributed by atoms with Crippen LogP contribution < -0.4 is 0 Å². The fraction of sp³-hybridized carbons (Fsp3) is 0.143. The Morgan fingerprint density at radius 3 is 2.46 bits per heavy atom. The highest BCUT2D eigenvalue weighted by Crippen LogP contribution is 2.35. The quantitative estimate of drug-likeness (QED) is 0.568. The van der Waals surface area contributed by atoms with E-state index in [1.807, 2.05) is 54.6 Å². The SMILES string of the molecule is CC(C)c1ccc(O)c(-c2nnc(O)n2-c2cccc3ccccc23)c1. The van der Waals surface area contributed by atoms with Gasteiger partial charge in [0.25, 0.3) is 0 Å². The Morgan fingerprint density at radius 2 is 1.65 bits per heavy atom. The molecule has 2 N–H and O–H groups in total. The molecule has 0 saturated heterocycles. The van der Waals surface area contributed by atoms with Crippen LogP contribution in [0.25, 0.3) is 27.8 Å². The molecule has 1 heterocycles. The van der Waals surface area contributed by atoms with E-state index in [2.05, 4.69) is 24.0 Å². The maximum Gasteiger partial charge on any atom is 0.319 e. The van der Waals surface area contributed by atoms with E-state index in [0.29, 0.717) is 17.3 Å². The lowest BCUT2D eigenvalue weighted by molar-refractivity contribution is 0.420. The number of hydrogen-bond donors (Lipinski definition) is 2. The van der Waals surface area contributed by atoms with Gasteiger partial charge >= 0.3 is 6.01 Å². The molecule has 0 bridgehead atoms. The van der Waals surface area contributed by atoms with Crippen molar-refractivity contribution >= 4 is 10.8 Å². The van der Waals surface area contributed by atoms with Gasteiger partial charge in [-0.1, -0.05) is 61.4 Å². The summed E-state index contributed by atoms with van der Waals surface area (Å²) in [5, 5.41) is 30.8. The van der Waals surface area contributed by atoms with Crippen LogP contribution in [-0.2, 0) is 0 Å². The maximum absolute atomic E-state index is 10.4. The number of aromatic hydroxyl groups is 2. The van der Waals surface area contributed by atoms with Crippen LogP contribution in [0.1, 0.15) is 25.3 Å². The van der Waals surface area contributed by atoms with Crippen LogP contribution in [0.2, 0.25) is 0 Å². The summed E-state index contributed by atoms with van der Waals surface area (Å²) in [6, 6.07) is 19.0. The molecule has 0 unspecified atom stereocenters. The van der Waals surface area contributed by atoms with E-state index in [0.717, 1.165) is 22.0 Å². The van der Waals surface area contributed by atoms with E-state index in [1.165, 1.54) is 0 Å². The Bertz CT molecular complexity index is 1090. The molecule has 0 fully saturated rings. The summed E-state index contributed by atoms with van der Waals surface area (Å²) < 4.78 is 1.57. The second kappa shape index (κ2) is 6.19. The number of benzene rings is 3. The number of nitrogens with zero attached hydrogens (tertiary/aromatic N) is 3. The fourth-order valence-electron chi connectivity index (χ4n) is 3.17. The summed E-state index contributed by atoms with van der Waals surface area (Å²) in [5.74, 6) is 0.805. The van der Waals surface area contributed by atoms with E-state index in [9.17, 15) is 10.2 Å². The summed E-state index contributed by atoms with van der Waals surface area (Å²) in [4.78, 5) is 0. The first-order chi connectivity index (χ1) is 12.6. The van der Waals surface area contributed by atoms with Crippen molar-refractivity contribution in [1.82, 2.24) is 14.8 Å².